The summed E-state index contributed by atoms with van der Waals surface area (Å²) in [6.07, 6.45) is 2.85. The highest BCUT2D eigenvalue weighted by atomic mass is 127. The van der Waals surface area contributed by atoms with Gasteiger partial charge in [-0.2, -0.15) is 0 Å². The van der Waals surface area contributed by atoms with Crippen molar-refractivity contribution < 1.29 is 9.84 Å². The van der Waals surface area contributed by atoms with Crippen molar-refractivity contribution in [1.29, 1.82) is 0 Å². The molecule has 2 rings (SSSR count). The number of guanidine groups is 1. The number of methoxy groups -OCH3 is 1. The molecule has 1 aliphatic carbocycles. The van der Waals surface area contributed by atoms with Crippen LogP contribution in [0.15, 0.2) is 29.3 Å². The number of rotatable bonds is 6. The number of halogens is 1. The number of aliphatic imine (C=N–C) groups is 1. The van der Waals surface area contributed by atoms with Crippen LogP contribution in [0.1, 0.15) is 31.7 Å². The Kier molecular flexibility index (Phi) is 7.95. The molecule has 1 aliphatic rings. The highest BCUT2D eigenvalue weighted by Crippen LogP contribution is 2.30. The van der Waals surface area contributed by atoms with E-state index in [-0.39, 0.29) is 24.0 Å². The van der Waals surface area contributed by atoms with Crippen LogP contribution in [0.5, 0.6) is 5.75 Å². The molecule has 0 aliphatic heterocycles. The molecule has 0 aromatic heterocycles. The van der Waals surface area contributed by atoms with Crippen LogP contribution in [0.2, 0.25) is 0 Å². The van der Waals surface area contributed by atoms with E-state index in [0.717, 1.165) is 43.1 Å². The lowest BCUT2D eigenvalue weighted by atomic mass is 9.80. The van der Waals surface area contributed by atoms with Crippen LogP contribution >= 0.6 is 24.0 Å². The maximum atomic E-state index is 10.1. The van der Waals surface area contributed by atoms with Crippen LogP contribution in [0.25, 0.3) is 0 Å². The van der Waals surface area contributed by atoms with Gasteiger partial charge in [-0.1, -0.05) is 12.1 Å². The van der Waals surface area contributed by atoms with Crippen molar-refractivity contribution in [2.24, 2.45) is 4.99 Å². The van der Waals surface area contributed by atoms with Gasteiger partial charge in [0.1, 0.15) is 5.75 Å². The van der Waals surface area contributed by atoms with Crippen LogP contribution in [0, 0.1) is 0 Å². The second-order valence-electron chi connectivity index (χ2n) is 5.48. The summed E-state index contributed by atoms with van der Waals surface area (Å²) in [4.78, 5) is 4.55. The molecule has 5 nitrogen and oxygen atoms in total. The summed E-state index contributed by atoms with van der Waals surface area (Å²) in [5.41, 5.74) is 0.542. The van der Waals surface area contributed by atoms with E-state index in [9.17, 15) is 5.11 Å². The van der Waals surface area contributed by atoms with Crippen molar-refractivity contribution in [3.8, 4) is 5.75 Å². The Labute approximate surface area is 149 Å². The average Bonchev–Trinajstić information content (AvgIpc) is 2.48. The van der Waals surface area contributed by atoms with Gasteiger partial charge in [-0.15, -0.1) is 24.0 Å². The second-order valence-corrected chi connectivity index (χ2v) is 5.48. The predicted molar refractivity (Wildman–Crippen MR) is 100 cm³/mol. The number of hydrogen-bond donors (Lipinski definition) is 3. The number of nitrogens with one attached hydrogen (secondary N) is 2. The van der Waals surface area contributed by atoms with Crippen molar-refractivity contribution in [2.75, 3.05) is 20.2 Å². The molecule has 0 bridgehead atoms. The SMILES string of the molecule is CCNC(=NCc1cccc(OC)c1)NCC1(O)CCC1.I. The van der Waals surface area contributed by atoms with Gasteiger partial charge in [-0.05, 0) is 43.9 Å². The van der Waals surface area contributed by atoms with Crippen molar-refractivity contribution in [3.63, 3.8) is 0 Å². The highest BCUT2D eigenvalue weighted by Gasteiger charge is 2.34. The molecule has 0 unspecified atom stereocenters. The van der Waals surface area contributed by atoms with E-state index in [0.29, 0.717) is 13.1 Å². The first kappa shape index (κ1) is 19.0. The molecule has 0 atom stereocenters. The summed E-state index contributed by atoms with van der Waals surface area (Å²) in [6, 6.07) is 7.88. The Morgan fingerprint density at radius 1 is 1.36 bits per heavy atom. The molecule has 1 saturated carbocycles. The summed E-state index contributed by atoms with van der Waals surface area (Å²) >= 11 is 0. The zero-order chi connectivity index (χ0) is 15.1. The molecular weight excluding hydrogens is 393 g/mol. The quantitative estimate of drug-likeness (QED) is 0.376. The first-order chi connectivity index (χ1) is 10.1. The lowest BCUT2D eigenvalue weighted by Gasteiger charge is -2.36. The fraction of sp³-hybridized carbons (Fsp3) is 0.562. The van der Waals surface area contributed by atoms with Gasteiger partial charge < -0.3 is 20.5 Å². The lowest BCUT2D eigenvalue weighted by Crippen LogP contribution is -2.50. The highest BCUT2D eigenvalue weighted by molar-refractivity contribution is 14.0. The third kappa shape index (κ3) is 5.64. The minimum atomic E-state index is -0.549. The van der Waals surface area contributed by atoms with E-state index >= 15 is 0 Å². The average molecular weight is 419 g/mol. The second kappa shape index (κ2) is 9.19. The van der Waals surface area contributed by atoms with Gasteiger partial charge in [0.25, 0.3) is 0 Å². The Morgan fingerprint density at radius 2 is 2.14 bits per heavy atom. The van der Waals surface area contributed by atoms with Gasteiger partial charge in [0.15, 0.2) is 5.96 Å². The van der Waals surface area contributed by atoms with E-state index < -0.39 is 5.60 Å². The van der Waals surface area contributed by atoms with E-state index in [2.05, 4.69) is 15.6 Å². The summed E-state index contributed by atoms with van der Waals surface area (Å²) in [5, 5.41) is 16.5. The molecule has 0 saturated heterocycles. The zero-order valence-corrected chi connectivity index (χ0v) is 15.6. The minimum absolute atomic E-state index is 0. The standard InChI is InChI=1S/C16H25N3O2.HI/c1-3-17-15(19-12-16(20)8-5-9-16)18-11-13-6-4-7-14(10-13)21-2;/h4,6-7,10,20H,3,5,8-9,11-12H2,1-2H3,(H2,17,18,19);1H. The van der Waals surface area contributed by atoms with Crippen molar-refractivity contribution in [2.45, 2.75) is 38.3 Å². The smallest absolute Gasteiger partial charge is 0.191 e. The van der Waals surface area contributed by atoms with Gasteiger partial charge in [-0.3, -0.25) is 0 Å². The van der Waals surface area contributed by atoms with Gasteiger partial charge >= 0.3 is 0 Å². The van der Waals surface area contributed by atoms with Crippen molar-refractivity contribution >= 4 is 29.9 Å². The third-order valence-corrected chi connectivity index (χ3v) is 3.77. The fourth-order valence-corrected chi connectivity index (χ4v) is 2.29. The van der Waals surface area contributed by atoms with Crippen LogP contribution in [0.3, 0.4) is 0 Å². The maximum absolute atomic E-state index is 10.1. The largest absolute Gasteiger partial charge is 0.497 e. The molecule has 1 fully saturated rings. The summed E-state index contributed by atoms with van der Waals surface area (Å²) in [7, 11) is 1.66. The van der Waals surface area contributed by atoms with E-state index in [1.807, 2.05) is 31.2 Å². The molecule has 6 heteroatoms. The topological polar surface area (TPSA) is 65.9 Å². The molecule has 0 radical (unpaired) electrons. The number of ether oxygens (including phenoxy) is 1. The van der Waals surface area contributed by atoms with E-state index in [1.165, 1.54) is 0 Å². The monoisotopic (exact) mass is 419 g/mol. The Balaban J connectivity index is 0.00000242. The van der Waals surface area contributed by atoms with Gasteiger partial charge in [-0.25, -0.2) is 4.99 Å². The molecular formula is C16H26IN3O2. The molecule has 0 heterocycles. The Bertz CT molecular complexity index is 490. The van der Waals surface area contributed by atoms with E-state index in [1.54, 1.807) is 7.11 Å². The molecule has 1 aromatic carbocycles. The zero-order valence-electron chi connectivity index (χ0n) is 13.3. The van der Waals surface area contributed by atoms with Crippen LogP contribution in [-0.4, -0.2) is 36.9 Å². The van der Waals surface area contributed by atoms with Gasteiger partial charge in [0.05, 0.1) is 19.3 Å². The number of hydrogen-bond acceptors (Lipinski definition) is 3. The number of nitrogens with zero attached hydrogens (tertiary/aromatic N) is 1. The van der Waals surface area contributed by atoms with Gasteiger partial charge in [0.2, 0.25) is 0 Å². The summed E-state index contributed by atoms with van der Waals surface area (Å²) in [5.74, 6) is 1.57. The minimum Gasteiger partial charge on any atom is -0.497 e. The number of benzene rings is 1. The van der Waals surface area contributed by atoms with Crippen LogP contribution in [-0.2, 0) is 6.54 Å². The Hall–Kier alpha value is -1.02. The van der Waals surface area contributed by atoms with Crippen LogP contribution in [0.4, 0.5) is 0 Å². The van der Waals surface area contributed by atoms with Gasteiger partial charge in [0, 0.05) is 13.1 Å². The summed E-state index contributed by atoms with van der Waals surface area (Å²) in [6.45, 7) is 3.95. The lowest BCUT2D eigenvalue weighted by molar-refractivity contribution is -0.0279. The maximum Gasteiger partial charge on any atom is 0.191 e. The molecule has 0 amide bonds. The number of aliphatic hydroxyl groups is 1. The fourth-order valence-electron chi connectivity index (χ4n) is 2.29. The Morgan fingerprint density at radius 3 is 2.73 bits per heavy atom. The van der Waals surface area contributed by atoms with Crippen molar-refractivity contribution in [3.05, 3.63) is 29.8 Å². The van der Waals surface area contributed by atoms with Crippen LogP contribution < -0.4 is 15.4 Å². The van der Waals surface area contributed by atoms with E-state index in [4.69, 9.17) is 4.74 Å². The molecule has 3 N–H and O–H groups in total. The first-order valence-corrected chi connectivity index (χ1v) is 7.53. The third-order valence-electron chi connectivity index (χ3n) is 3.77. The molecule has 22 heavy (non-hydrogen) atoms. The first-order valence-electron chi connectivity index (χ1n) is 7.53. The van der Waals surface area contributed by atoms with Crippen molar-refractivity contribution in [1.82, 2.24) is 10.6 Å². The molecule has 1 aromatic rings. The molecule has 0 spiro atoms. The predicted octanol–water partition coefficient (Wildman–Crippen LogP) is 2.28. The molecule has 124 valence electrons. The summed E-state index contributed by atoms with van der Waals surface area (Å²) < 4.78 is 5.21. The normalized spacial score (nSPS) is 16.2.